The SMILES string of the molecule is COc1cccc2c(=O)[nH]c(=S)oc12. The highest BCUT2D eigenvalue weighted by molar-refractivity contribution is 7.71. The molecule has 0 radical (unpaired) electrons. The largest absolute Gasteiger partial charge is 0.493 e. The fourth-order valence-corrected chi connectivity index (χ4v) is 1.41. The van der Waals surface area contributed by atoms with Gasteiger partial charge in [0.25, 0.3) is 10.4 Å². The molecule has 72 valence electrons. The Balaban J connectivity index is 3.01. The van der Waals surface area contributed by atoms with Gasteiger partial charge in [-0.25, -0.2) is 0 Å². The van der Waals surface area contributed by atoms with Crippen LogP contribution in [0.4, 0.5) is 0 Å². The zero-order chi connectivity index (χ0) is 10.1. The quantitative estimate of drug-likeness (QED) is 0.728. The van der Waals surface area contributed by atoms with Crippen molar-refractivity contribution in [3.05, 3.63) is 33.4 Å². The molecule has 0 saturated carbocycles. The third-order valence-electron chi connectivity index (χ3n) is 1.85. The normalized spacial score (nSPS) is 10.4. The van der Waals surface area contributed by atoms with Gasteiger partial charge in [-0.05, 0) is 24.4 Å². The Labute approximate surface area is 84.1 Å². The lowest BCUT2D eigenvalue weighted by Gasteiger charge is -2.01. The molecule has 2 rings (SSSR count). The molecule has 0 fully saturated rings. The highest BCUT2D eigenvalue weighted by Crippen LogP contribution is 2.22. The Morgan fingerprint density at radius 3 is 3.00 bits per heavy atom. The molecular formula is C9H7NO3S. The first-order chi connectivity index (χ1) is 6.72. The lowest BCUT2D eigenvalue weighted by Crippen LogP contribution is -2.05. The molecule has 1 aromatic carbocycles. The van der Waals surface area contributed by atoms with E-state index in [9.17, 15) is 4.79 Å². The topological polar surface area (TPSA) is 55.2 Å². The summed E-state index contributed by atoms with van der Waals surface area (Å²) in [6.45, 7) is 0. The molecule has 5 heteroatoms. The van der Waals surface area contributed by atoms with Crippen molar-refractivity contribution in [2.24, 2.45) is 0 Å². The van der Waals surface area contributed by atoms with Crippen LogP contribution in [-0.4, -0.2) is 12.1 Å². The van der Waals surface area contributed by atoms with E-state index in [1.807, 2.05) is 0 Å². The number of ether oxygens (including phenoxy) is 1. The summed E-state index contributed by atoms with van der Waals surface area (Å²) in [5, 5.41) is 0.429. The van der Waals surface area contributed by atoms with E-state index in [0.717, 1.165) is 0 Å². The zero-order valence-electron chi connectivity index (χ0n) is 7.37. The average molecular weight is 209 g/mol. The smallest absolute Gasteiger partial charge is 0.269 e. The van der Waals surface area contributed by atoms with Crippen molar-refractivity contribution in [1.82, 2.24) is 4.98 Å². The Morgan fingerprint density at radius 1 is 1.50 bits per heavy atom. The first-order valence-corrected chi connectivity index (χ1v) is 4.33. The first kappa shape index (κ1) is 8.96. The molecule has 0 aliphatic heterocycles. The summed E-state index contributed by atoms with van der Waals surface area (Å²) >= 11 is 4.76. The van der Waals surface area contributed by atoms with Gasteiger partial charge in [-0.1, -0.05) is 6.07 Å². The predicted molar refractivity (Wildman–Crippen MR) is 54.2 cm³/mol. The molecule has 1 heterocycles. The summed E-state index contributed by atoms with van der Waals surface area (Å²) in [5.74, 6) is 0.500. The van der Waals surface area contributed by atoms with Crippen LogP contribution in [0.25, 0.3) is 11.0 Å². The second kappa shape index (κ2) is 3.26. The van der Waals surface area contributed by atoms with Crippen LogP contribution in [0.15, 0.2) is 27.4 Å². The minimum absolute atomic E-state index is 0.0481. The Bertz CT molecular complexity index is 584. The second-order valence-electron chi connectivity index (χ2n) is 2.68. The van der Waals surface area contributed by atoms with Crippen molar-refractivity contribution in [2.45, 2.75) is 0 Å². The summed E-state index contributed by atoms with van der Waals surface area (Å²) in [6, 6.07) is 5.07. The van der Waals surface area contributed by atoms with Crippen LogP contribution in [0.5, 0.6) is 5.75 Å². The number of methoxy groups -OCH3 is 1. The number of rotatable bonds is 1. The number of benzene rings is 1. The number of aromatic amines is 1. The van der Waals surface area contributed by atoms with E-state index in [1.165, 1.54) is 7.11 Å². The van der Waals surface area contributed by atoms with Gasteiger partial charge in [0.15, 0.2) is 11.3 Å². The van der Waals surface area contributed by atoms with Gasteiger partial charge >= 0.3 is 0 Å². The van der Waals surface area contributed by atoms with Crippen LogP contribution >= 0.6 is 12.2 Å². The summed E-state index contributed by atoms with van der Waals surface area (Å²) in [7, 11) is 1.51. The molecule has 0 aliphatic rings. The number of aromatic nitrogens is 1. The van der Waals surface area contributed by atoms with Crippen LogP contribution in [0.3, 0.4) is 0 Å². The molecule has 0 unspecified atom stereocenters. The number of fused-ring (bicyclic) bond motifs is 1. The number of para-hydroxylation sites is 1. The van der Waals surface area contributed by atoms with Crippen molar-refractivity contribution < 1.29 is 9.15 Å². The van der Waals surface area contributed by atoms with Crippen LogP contribution in [0.1, 0.15) is 0 Å². The highest BCUT2D eigenvalue weighted by atomic mass is 32.1. The molecule has 2 aromatic rings. The monoisotopic (exact) mass is 209 g/mol. The predicted octanol–water partition coefficient (Wildman–Crippen LogP) is 1.86. The molecule has 1 N–H and O–H groups in total. The number of H-pyrrole nitrogens is 1. The number of hydrogen-bond acceptors (Lipinski definition) is 4. The molecule has 0 aliphatic carbocycles. The minimum Gasteiger partial charge on any atom is -0.493 e. The van der Waals surface area contributed by atoms with Gasteiger partial charge in [0, 0.05) is 0 Å². The van der Waals surface area contributed by atoms with Crippen molar-refractivity contribution in [2.75, 3.05) is 7.11 Å². The maximum Gasteiger partial charge on any atom is 0.269 e. The number of hydrogen-bond donors (Lipinski definition) is 1. The molecule has 0 bridgehead atoms. The Morgan fingerprint density at radius 2 is 2.29 bits per heavy atom. The maximum atomic E-state index is 11.4. The van der Waals surface area contributed by atoms with E-state index < -0.39 is 0 Å². The van der Waals surface area contributed by atoms with Crippen LogP contribution < -0.4 is 10.3 Å². The van der Waals surface area contributed by atoms with Crippen LogP contribution in [-0.2, 0) is 0 Å². The fourth-order valence-electron chi connectivity index (χ4n) is 1.24. The van der Waals surface area contributed by atoms with Gasteiger partial charge in [0.1, 0.15) is 0 Å². The fraction of sp³-hybridized carbons (Fsp3) is 0.111. The molecule has 0 spiro atoms. The summed E-state index contributed by atoms with van der Waals surface area (Å²) in [6.07, 6.45) is 0. The lowest BCUT2D eigenvalue weighted by atomic mass is 10.2. The van der Waals surface area contributed by atoms with Crippen molar-refractivity contribution in [3.63, 3.8) is 0 Å². The molecular weight excluding hydrogens is 202 g/mol. The van der Waals surface area contributed by atoms with Crippen molar-refractivity contribution in [3.8, 4) is 5.75 Å². The van der Waals surface area contributed by atoms with E-state index in [4.69, 9.17) is 21.4 Å². The van der Waals surface area contributed by atoms with Gasteiger partial charge < -0.3 is 9.15 Å². The van der Waals surface area contributed by atoms with E-state index in [2.05, 4.69) is 4.98 Å². The first-order valence-electron chi connectivity index (χ1n) is 3.92. The Kier molecular flexibility index (Phi) is 2.09. The molecule has 0 saturated heterocycles. The van der Waals surface area contributed by atoms with Gasteiger partial charge in [-0.3, -0.25) is 9.78 Å². The van der Waals surface area contributed by atoms with Crippen LogP contribution in [0.2, 0.25) is 0 Å². The molecule has 4 nitrogen and oxygen atoms in total. The van der Waals surface area contributed by atoms with Gasteiger partial charge in [-0.2, -0.15) is 0 Å². The minimum atomic E-state index is -0.268. The van der Waals surface area contributed by atoms with E-state index >= 15 is 0 Å². The van der Waals surface area contributed by atoms with E-state index in [1.54, 1.807) is 18.2 Å². The third kappa shape index (κ3) is 1.31. The summed E-state index contributed by atoms with van der Waals surface area (Å²) in [5.41, 5.74) is 0.110. The lowest BCUT2D eigenvalue weighted by molar-refractivity contribution is 0.406. The molecule has 0 atom stereocenters. The molecule has 1 aromatic heterocycles. The van der Waals surface area contributed by atoms with Gasteiger partial charge in [-0.15, -0.1) is 0 Å². The average Bonchev–Trinajstić information content (AvgIpc) is 2.17. The standard InChI is InChI=1S/C9H7NO3S/c1-12-6-4-2-3-5-7(6)13-9(14)10-8(5)11/h2-4H,1H3,(H,10,11,14). The maximum absolute atomic E-state index is 11.4. The highest BCUT2D eigenvalue weighted by Gasteiger charge is 2.06. The van der Waals surface area contributed by atoms with Crippen LogP contribution in [0, 0.1) is 4.84 Å². The van der Waals surface area contributed by atoms with E-state index in [-0.39, 0.29) is 10.4 Å². The van der Waals surface area contributed by atoms with Crippen molar-refractivity contribution >= 4 is 23.2 Å². The third-order valence-corrected chi connectivity index (χ3v) is 2.04. The van der Waals surface area contributed by atoms with Gasteiger partial charge in [0.05, 0.1) is 12.5 Å². The molecule has 14 heavy (non-hydrogen) atoms. The number of nitrogens with one attached hydrogen (secondary N) is 1. The second-order valence-corrected chi connectivity index (χ2v) is 3.05. The van der Waals surface area contributed by atoms with Crippen molar-refractivity contribution in [1.29, 1.82) is 0 Å². The van der Waals surface area contributed by atoms with Gasteiger partial charge in [0.2, 0.25) is 0 Å². The summed E-state index contributed by atoms with van der Waals surface area (Å²) < 4.78 is 10.2. The summed E-state index contributed by atoms with van der Waals surface area (Å²) in [4.78, 5) is 13.9. The van der Waals surface area contributed by atoms with E-state index in [0.29, 0.717) is 16.7 Å². The Hall–Kier alpha value is -1.62. The zero-order valence-corrected chi connectivity index (χ0v) is 8.18. The molecule has 0 amide bonds.